The number of nitrogens with zero attached hydrogens (tertiary/aromatic N) is 2. The van der Waals surface area contributed by atoms with Gasteiger partial charge in [-0.15, -0.1) is 24.8 Å². The summed E-state index contributed by atoms with van der Waals surface area (Å²) >= 11 is 0. The van der Waals surface area contributed by atoms with Crippen LogP contribution < -0.4 is 15.5 Å². The standard InChI is InChI=1S/C18H22N4O2.2ClH/c1-22(15-5-3-2-4-6-15)17-8-7-13(10-20-17)18(24)21-11-14-9-19-12-16(14)23;;/h2-8,10,14,16,19,23H,9,11-12H2,1H3,(H,21,24);2*1H. The summed E-state index contributed by atoms with van der Waals surface area (Å²) in [4.78, 5) is 18.5. The summed E-state index contributed by atoms with van der Waals surface area (Å²) in [5.74, 6) is 0.661. The largest absolute Gasteiger partial charge is 0.391 e. The fourth-order valence-electron chi connectivity index (χ4n) is 2.76. The van der Waals surface area contributed by atoms with Crippen LogP contribution in [0.15, 0.2) is 48.7 Å². The zero-order valence-corrected chi connectivity index (χ0v) is 16.1. The molecule has 0 bridgehead atoms. The molecular weight excluding hydrogens is 375 g/mol. The van der Waals surface area contributed by atoms with Crippen LogP contribution in [-0.2, 0) is 0 Å². The van der Waals surface area contributed by atoms with Gasteiger partial charge in [-0.1, -0.05) is 18.2 Å². The molecular formula is C18H24Cl2N4O2. The van der Waals surface area contributed by atoms with E-state index in [1.165, 1.54) is 0 Å². The van der Waals surface area contributed by atoms with Crippen molar-refractivity contribution in [2.45, 2.75) is 6.10 Å². The molecule has 1 aromatic carbocycles. The van der Waals surface area contributed by atoms with Crippen molar-refractivity contribution >= 4 is 42.2 Å². The third-order valence-corrected chi connectivity index (χ3v) is 4.33. The SMILES string of the molecule is CN(c1ccccc1)c1ccc(C(=O)NCC2CNCC2O)cn1.Cl.Cl. The van der Waals surface area contributed by atoms with Crippen LogP contribution in [0.2, 0.25) is 0 Å². The molecule has 2 heterocycles. The van der Waals surface area contributed by atoms with E-state index in [9.17, 15) is 9.90 Å². The van der Waals surface area contributed by atoms with E-state index in [1.807, 2.05) is 48.3 Å². The van der Waals surface area contributed by atoms with E-state index in [1.54, 1.807) is 12.3 Å². The van der Waals surface area contributed by atoms with E-state index in [4.69, 9.17) is 0 Å². The van der Waals surface area contributed by atoms with Gasteiger partial charge in [-0.05, 0) is 24.3 Å². The molecule has 3 rings (SSSR count). The number of carbonyl (C=O) groups excluding carboxylic acids is 1. The van der Waals surface area contributed by atoms with Gasteiger partial charge in [0, 0.05) is 44.5 Å². The number of aliphatic hydroxyl groups is 1. The summed E-state index contributed by atoms with van der Waals surface area (Å²) in [5.41, 5.74) is 1.55. The van der Waals surface area contributed by atoms with Crippen LogP contribution in [0.25, 0.3) is 0 Å². The van der Waals surface area contributed by atoms with Crippen molar-refractivity contribution in [3.8, 4) is 0 Å². The average molecular weight is 399 g/mol. The Morgan fingerprint density at radius 1 is 1.23 bits per heavy atom. The smallest absolute Gasteiger partial charge is 0.252 e. The van der Waals surface area contributed by atoms with Gasteiger partial charge in [-0.25, -0.2) is 4.98 Å². The minimum Gasteiger partial charge on any atom is -0.391 e. The first-order valence-electron chi connectivity index (χ1n) is 8.07. The molecule has 0 saturated carbocycles. The number of hydrogen-bond acceptors (Lipinski definition) is 5. The summed E-state index contributed by atoms with van der Waals surface area (Å²) < 4.78 is 0. The van der Waals surface area contributed by atoms with E-state index < -0.39 is 6.10 Å². The maximum atomic E-state index is 12.2. The molecule has 0 radical (unpaired) electrons. The summed E-state index contributed by atoms with van der Waals surface area (Å²) in [6, 6.07) is 13.5. The summed E-state index contributed by atoms with van der Waals surface area (Å²) in [6.07, 6.45) is 1.18. The molecule has 1 aliphatic heterocycles. The van der Waals surface area contributed by atoms with Gasteiger partial charge >= 0.3 is 0 Å². The van der Waals surface area contributed by atoms with Crippen LogP contribution in [0.1, 0.15) is 10.4 Å². The first kappa shape index (κ1) is 22.2. The van der Waals surface area contributed by atoms with E-state index in [0.717, 1.165) is 18.1 Å². The van der Waals surface area contributed by atoms with E-state index in [0.29, 0.717) is 18.7 Å². The number of nitrogens with one attached hydrogen (secondary N) is 2. The molecule has 0 aliphatic carbocycles. The Morgan fingerprint density at radius 2 is 1.96 bits per heavy atom. The van der Waals surface area contributed by atoms with Gasteiger partial charge in [0.1, 0.15) is 5.82 Å². The van der Waals surface area contributed by atoms with E-state index in [2.05, 4.69) is 15.6 Å². The third kappa shape index (κ3) is 5.32. The van der Waals surface area contributed by atoms with Crippen LogP contribution in [0.3, 0.4) is 0 Å². The van der Waals surface area contributed by atoms with E-state index >= 15 is 0 Å². The molecule has 8 heteroatoms. The van der Waals surface area contributed by atoms with E-state index in [-0.39, 0.29) is 36.6 Å². The molecule has 142 valence electrons. The number of hydrogen-bond donors (Lipinski definition) is 3. The Bertz CT molecular complexity index is 685. The number of amides is 1. The summed E-state index contributed by atoms with van der Waals surface area (Å²) in [5, 5.41) is 15.7. The van der Waals surface area contributed by atoms with Crippen molar-refractivity contribution in [3.63, 3.8) is 0 Å². The second-order valence-electron chi connectivity index (χ2n) is 6.00. The maximum absolute atomic E-state index is 12.2. The predicted octanol–water partition coefficient (Wildman–Crippen LogP) is 2.00. The molecule has 1 aliphatic rings. The first-order valence-corrected chi connectivity index (χ1v) is 8.07. The number of aromatic nitrogens is 1. The Labute approximate surface area is 165 Å². The first-order chi connectivity index (χ1) is 11.6. The lowest BCUT2D eigenvalue weighted by Gasteiger charge is -2.18. The number of pyridine rings is 1. The third-order valence-electron chi connectivity index (χ3n) is 4.33. The molecule has 2 unspecified atom stereocenters. The quantitative estimate of drug-likeness (QED) is 0.717. The highest BCUT2D eigenvalue weighted by molar-refractivity contribution is 5.94. The number of rotatable bonds is 5. The highest BCUT2D eigenvalue weighted by atomic mass is 35.5. The number of aliphatic hydroxyl groups excluding tert-OH is 1. The van der Waals surface area contributed by atoms with Crippen molar-refractivity contribution in [1.29, 1.82) is 0 Å². The zero-order valence-electron chi connectivity index (χ0n) is 14.5. The average Bonchev–Trinajstić information content (AvgIpc) is 3.05. The second-order valence-corrected chi connectivity index (χ2v) is 6.00. The molecule has 2 aromatic rings. The second kappa shape index (κ2) is 10.3. The highest BCUT2D eigenvalue weighted by Crippen LogP contribution is 2.20. The van der Waals surface area contributed by atoms with Gasteiger partial charge in [0.05, 0.1) is 11.7 Å². The van der Waals surface area contributed by atoms with Gasteiger partial charge in [0.15, 0.2) is 0 Å². The fourth-order valence-corrected chi connectivity index (χ4v) is 2.76. The Hall–Kier alpha value is -1.86. The molecule has 1 fully saturated rings. The molecule has 26 heavy (non-hydrogen) atoms. The number of β-amino-alcohol motifs (C(OH)–C–C–N with tert-alkyl or cyclic N) is 1. The van der Waals surface area contributed by atoms with Crippen LogP contribution >= 0.6 is 24.8 Å². The highest BCUT2D eigenvalue weighted by Gasteiger charge is 2.25. The van der Waals surface area contributed by atoms with Gasteiger partial charge < -0.3 is 20.6 Å². The number of halogens is 2. The number of carbonyl (C=O) groups is 1. The maximum Gasteiger partial charge on any atom is 0.252 e. The Balaban J connectivity index is 0.00000169. The molecule has 0 spiro atoms. The Kier molecular flexibility index (Phi) is 8.81. The number of anilines is 2. The van der Waals surface area contributed by atoms with Gasteiger partial charge in [0.25, 0.3) is 5.91 Å². The number of benzene rings is 1. The Morgan fingerprint density at radius 3 is 2.54 bits per heavy atom. The molecule has 1 saturated heterocycles. The normalized spacial score (nSPS) is 18.4. The minimum absolute atomic E-state index is 0. The molecule has 3 N–H and O–H groups in total. The zero-order chi connectivity index (χ0) is 16.9. The van der Waals surface area contributed by atoms with Crippen molar-refractivity contribution in [2.75, 3.05) is 31.6 Å². The van der Waals surface area contributed by atoms with Crippen LogP contribution in [0, 0.1) is 5.92 Å². The summed E-state index contributed by atoms with van der Waals surface area (Å²) in [7, 11) is 1.94. The molecule has 2 atom stereocenters. The van der Waals surface area contributed by atoms with Crippen LogP contribution in [0.5, 0.6) is 0 Å². The predicted molar refractivity (Wildman–Crippen MR) is 108 cm³/mol. The minimum atomic E-state index is -0.398. The fraction of sp³-hybridized carbons (Fsp3) is 0.333. The van der Waals surface area contributed by atoms with Crippen molar-refractivity contribution in [1.82, 2.24) is 15.6 Å². The van der Waals surface area contributed by atoms with Gasteiger partial charge in [-0.3, -0.25) is 4.79 Å². The van der Waals surface area contributed by atoms with Crippen molar-refractivity contribution in [2.24, 2.45) is 5.92 Å². The van der Waals surface area contributed by atoms with Crippen molar-refractivity contribution < 1.29 is 9.90 Å². The van der Waals surface area contributed by atoms with Crippen LogP contribution in [0.4, 0.5) is 11.5 Å². The molecule has 1 aromatic heterocycles. The lowest BCUT2D eigenvalue weighted by atomic mass is 10.1. The van der Waals surface area contributed by atoms with Gasteiger partial charge in [-0.2, -0.15) is 0 Å². The monoisotopic (exact) mass is 398 g/mol. The molecule has 1 amide bonds. The lowest BCUT2D eigenvalue weighted by molar-refractivity contribution is 0.0926. The van der Waals surface area contributed by atoms with Crippen molar-refractivity contribution in [3.05, 3.63) is 54.2 Å². The topological polar surface area (TPSA) is 77.5 Å². The van der Waals surface area contributed by atoms with Gasteiger partial charge in [0.2, 0.25) is 0 Å². The molecule has 6 nitrogen and oxygen atoms in total. The summed E-state index contributed by atoms with van der Waals surface area (Å²) in [6.45, 7) is 1.77. The lowest BCUT2D eigenvalue weighted by Crippen LogP contribution is -2.34. The number of para-hydroxylation sites is 1. The van der Waals surface area contributed by atoms with Crippen LogP contribution in [-0.4, -0.2) is 48.8 Å².